The van der Waals surface area contributed by atoms with Gasteiger partial charge in [-0.2, -0.15) is 0 Å². The van der Waals surface area contributed by atoms with E-state index in [1.54, 1.807) is 0 Å². The average Bonchev–Trinajstić information content (AvgIpc) is 2.14. The summed E-state index contributed by atoms with van der Waals surface area (Å²) in [5.41, 5.74) is 0. The quantitative estimate of drug-likeness (QED) is 0.504. The molecule has 0 aliphatic carbocycles. The highest BCUT2D eigenvalue weighted by atomic mass is 33.1. The summed E-state index contributed by atoms with van der Waals surface area (Å²) in [4.78, 5) is 0. The van der Waals surface area contributed by atoms with Crippen molar-refractivity contribution in [2.24, 2.45) is 0 Å². The van der Waals surface area contributed by atoms with Gasteiger partial charge in [0.15, 0.2) is 0 Å². The Kier molecular flexibility index (Phi) is 2.40. The highest BCUT2D eigenvalue weighted by Crippen LogP contribution is 2.38. The highest BCUT2D eigenvalue weighted by Gasteiger charge is 2.12. The summed E-state index contributed by atoms with van der Waals surface area (Å²) in [5, 5.41) is 0.866. The second-order valence-electron chi connectivity index (χ2n) is 1.62. The van der Waals surface area contributed by atoms with Crippen LogP contribution in [-0.4, -0.2) is 11.0 Å². The van der Waals surface area contributed by atoms with E-state index in [4.69, 9.17) is 0 Å². The van der Waals surface area contributed by atoms with E-state index in [2.05, 4.69) is 6.92 Å². The SMILES string of the molecule is [CH2]CC1CCSS1. The predicted molar refractivity (Wildman–Crippen MR) is 38.4 cm³/mol. The molecule has 1 heterocycles. The average molecular weight is 133 g/mol. The Balaban J connectivity index is 2.14. The molecule has 1 aliphatic heterocycles. The Morgan fingerprint density at radius 3 is 2.86 bits per heavy atom. The monoisotopic (exact) mass is 133 g/mol. The van der Waals surface area contributed by atoms with Crippen LogP contribution in [0.3, 0.4) is 0 Å². The zero-order chi connectivity index (χ0) is 5.11. The molecule has 1 aliphatic rings. The Labute approximate surface area is 52.8 Å². The molecule has 1 rings (SSSR count). The van der Waals surface area contributed by atoms with Crippen LogP contribution in [0.2, 0.25) is 0 Å². The van der Waals surface area contributed by atoms with Crippen molar-refractivity contribution in [3.63, 3.8) is 0 Å². The van der Waals surface area contributed by atoms with Gasteiger partial charge in [0.2, 0.25) is 0 Å². The third-order valence-electron chi connectivity index (χ3n) is 1.05. The molecule has 41 valence electrons. The van der Waals surface area contributed by atoms with E-state index < -0.39 is 0 Å². The maximum absolute atomic E-state index is 3.83. The van der Waals surface area contributed by atoms with Crippen molar-refractivity contribution in [3.8, 4) is 0 Å². The van der Waals surface area contributed by atoms with Gasteiger partial charge in [-0.15, -0.1) is 0 Å². The molecule has 0 N–H and O–H groups in total. The van der Waals surface area contributed by atoms with Crippen LogP contribution >= 0.6 is 21.6 Å². The summed E-state index contributed by atoms with van der Waals surface area (Å²) < 4.78 is 0. The van der Waals surface area contributed by atoms with Gasteiger partial charge in [-0.25, -0.2) is 0 Å². The zero-order valence-electron chi connectivity index (χ0n) is 4.22. The number of hydrogen-bond acceptors (Lipinski definition) is 2. The van der Waals surface area contributed by atoms with E-state index in [0.29, 0.717) is 0 Å². The lowest BCUT2D eigenvalue weighted by molar-refractivity contribution is 0.857. The van der Waals surface area contributed by atoms with Crippen molar-refractivity contribution < 1.29 is 0 Å². The van der Waals surface area contributed by atoms with Crippen LogP contribution in [0.15, 0.2) is 0 Å². The lowest BCUT2D eigenvalue weighted by Crippen LogP contribution is -1.91. The van der Waals surface area contributed by atoms with E-state index >= 15 is 0 Å². The van der Waals surface area contributed by atoms with Gasteiger partial charge in [0, 0.05) is 11.0 Å². The van der Waals surface area contributed by atoms with Crippen LogP contribution in [0.1, 0.15) is 12.8 Å². The Morgan fingerprint density at radius 2 is 2.57 bits per heavy atom. The summed E-state index contributed by atoms with van der Waals surface area (Å²) >= 11 is 0. The molecule has 0 aromatic rings. The number of rotatable bonds is 1. The fraction of sp³-hybridized carbons (Fsp3) is 0.800. The van der Waals surface area contributed by atoms with Gasteiger partial charge >= 0.3 is 0 Å². The van der Waals surface area contributed by atoms with E-state index in [1.165, 1.54) is 12.2 Å². The zero-order valence-corrected chi connectivity index (χ0v) is 5.86. The van der Waals surface area contributed by atoms with Crippen molar-refractivity contribution in [1.29, 1.82) is 0 Å². The van der Waals surface area contributed by atoms with E-state index in [0.717, 1.165) is 11.7 Å². The molecule has 1 fully saturated rings. The standard InChI is InChI=1S/C5H9S2/c1-2-5-3-4-6-7-5/h5H,1-4H2. The minimum Gasteiger partial charge on any atom is -0.0938 e. The van der Waals surface area contributed by atoms with Crippen molar-refractivity contribution in [3.05, 3.63) is 6.92 Å². The van der Waals surface area contributed by atoms with Gasteiger partial charge in [0.25, 0.3) is 0 Å². The summed E-state index contributed by atoms with van der Waals surface area (Å²) in [5.74, 6) is 1.34. The maximum atomic E-state index is 3.83. The van der Waals surface area contributed by atoms with E-state index in [-0.39, 0.29) is 0 Å². The van der Waals surface area contributed by atoms with Gasteiger partial charge in [-0.3, -0.25) is 0 Å². The molecule has 1 unspecified atom stereocenters. The fourth-order valence-corrected chi connectivity index (χ4v) is 3.43. The van der Waals surface area contributed by atoms with Crippen molar-refractivity contribution in [2.75, 3.05) is 5.75 Å². The van der Waals surface area contributed by atoms with Gasteiger partial charge in [-0.1, -0.05) is 28.5 Å². The second kappa shape index (κ2) is 2.88. The summed E-state index contributed by atoms with van der Waals surface area (Å²) in [6.45, 7) is 3.83. The van der Waals surface area contributed by atoms with Crippen LogP contribution < -0.4 is 0 Å². The van der Waals surface area contributed by atoms with Crippen molar-refractivity contribution in [2.45, 2.75) is 18.1 Å². The maximum Gasteiger partial charge on any atom is 0.0159 e. The molecule has 0 aromatic heterocycles. The second-order valence-corrected chi connectivity index (χ2v) is 4.41. The minimum absolute atomic E-state index is 0.866. The molecule has 0 nitrogen and oxygen atoms in total. The van der Waals surface area contributed by atoms with Crippen molar-refractivity contribution in [1.82, 2.24) is 0 Å². The third kappa shape index (κ3) is 1.57. The first-order chi connectivity index (χ1) is 3.43. The van der Waals surface area contributed by atoms with Gasteiger partial charge in [0.05, 0.1) is 0 Å². The predicted octanol–water partition coefficient (Wildman–Crippen LogP) is 2.36. The summed E-state index contributed by atoms with van der Waals surface area (Å²) in [6, 6.07) is 0. The molecule has 0 amide bonds. The largest absolute Gasteiger partial charge is 0.0938 e. The molecular weight excluding hydrogens is 124 g/mol. The van der Waals surface area contributed by atoms with Crippen LogP contribution in [0.4, 0.5) is 0 Å². The normalized spacial score (nSPS) is 31.3. The minimum atomic E-state index is 0.866. The Bertz CT molecular complexity index is 48.0. The van der Waals surface area contributed by atoms with Crippen LogP contribution in [0.25, 0.3) is 0 Å². The molecule has 1 atom stereocenters. The molecule has 2 heteroatoms. The summed E-state index contributed by atoms with van der Waals surface area (Å²) in [6.07, 6.45) is 2.48. The number of hydrogen-bond donors (Lipinski definition) is 0. The van der Waals surface area contributed by atoms with Crippen LogP contribution in [0, 0.1) is 6.92 Å². The van der Waals surface area contributed by atoms with Gasteiger partial charge < -0.3 is 0 Å². The molecule has 1 saturated heterocycles. The first-order valence-electron chi connectivity index (χ1n) is 2.51. The first-order valence-corrected chi connectivity index (χ1v) is 4.89. The van der Waals surface area contributed by atoms with E-state index in [1.807, 2.05) is 21.6 Å². The van der Waals surface area contributed by atoms with E-state index in [9.17, 15) is 0 Å². The van der Waals surface area contributed by atoms with Crippen LogP contribution in [0.5, 0.6) is 0 Å². The molecular formula is C5H9S2. The highest BCUT2D eigenvalue weighted by molar-refractivity contribution is 8.77. The molecule has 0 spiro atoms. The Morgan fingerprint density at radius 1 is 1.71 bits per heavy atom. The Hall–Kier alpha value is 0.700. The smallest absolute Gasteiger partial charge is 0.0159 e. The molecule has 0 saturated carbocycles. The molecule has 7 heavy (non-hydrogen) atoms. The van der Waals surface area contributed by atoms with Gasteiger partial charge in [-0.05, 0) is 12.8 Å². The topological polar surface area (TPSA) is 0 Å². The molecule has 0 bridgehead atoms. The molecule has 0 aromatic carbocycles. The fourth-order valence-electron chi connectivity index (χ4n) is 0.564. The van der Waals surface area contributed by atoms with Crippen LogP contribution in [-0.2, 0) is 0 Å². The first kappa shape index (κ1) is 5.83. The summed E-state index contributed by atoms with van der Waals surface area (Å²) in [7, 11) is 3.98. The van der Waals surface area contributed by atoms with Crippen molar-refractivity contribution >= 4 is 21.6 Å². The molecule has 1 radical (unpaired) electrons. The van der Waals surface area contributed by atoms with Gasteiger partial charge in [0.1, 0.15) is 0 Å². The lowest BCUT2D eigenvalue weighted by atomic mass is 10.3. The lowest BCUT2D eigenvalue weighted by Gasteiger charge is -1.97. The third-order valence-corrected chi connectivity index (χ3v) is 4.06.